The normalized spacial score (nSPS) is 11.4. The van der Waals surface area contributed by atoms with E-state index < -0.39 is 0 Å². The smallest absolute Gasteiger partial charge is 0.216 e. The van der Waals surface area contributed by atoms with Crippen LogP contribution in [0.25, 0.3) is 15.8 Å². The van der Waals surface area contributed by atoms with Gasteiger partial charge in [-0.1, -0.05) is 11.3 Å². The number of nitrogen functional groups attached to an aromatic ring is 1. The molecule has 3 aromatic rings. The summed E-state index contributed by atoms with van der Waals surface area (Å²) < 4.78 is 6.19. The quantitative estimate of drug-likeness (QED) is 0.614. The lowest BCUT2D eigenvalue weighted by molar-refractivity contribution is 0.419. The molecule has 0 bridgehead atoms. The van der Waals surface area contributed by atoms with E-state index in [0.29, 0.717) is 16.4 Å². The fraction of sp³-hybridized carbons (Fsp3) is 0.0833. The second-order valence-corrected chi connectivity index (χ2v) is 5.19. The predicted molar refractivity (Wildman–Crippen MR) is 82.0 cm³/mol. The number of benzene rings is 1. The maximum absolute atomic E-state index is 9.12. The van der Waals surface area contributed by atoms with E-state index >= 15 is 0 Å². The van der Waals surface area contributed by atoms with Gasteiger partial charge in [-0.3, -0.25) is 0 Å². The van der Waals surface area contributed by atoms with Crippen LogP contribution in [-0.2, 0) is 0 Å². The number of aromatic nitrogens is 5. The number of aromatic amines is 1. The third kappa shape index (κ3) is 2.52. The molecule has 110 valence electrons. The largest absolute Gasteiger partial charge is 0.494 e. The van der Waals surface area contributed by atoms with E-state index in [0.717, 1.165) is 10.4 Å². The Balaban J connectivity index is 1.95. The lowest BCUT2D eigenvalue weighted by Gasteiger charge is -2.05. The molecule has 0 aliphatic carbocycles. The Hall–Kier alpha value is -3.19. The van der Waals surface area contributed by atoms with Gasteiger partial charge < -0.3 is 15.8 Å². The lowest BCUT2D eigenvalue weighted by atomic mass is 10.2. The van der Waals surface area contributed by atoms with Crippen LogP contribution < -0.4 is 15.8 Å². The number of ether oxygens (including phenoxy) is 1. The van der Waals surface area contributed by atoms with Crippen LogP contribution in [0.1, 0.15) is 5.82 Å². The van der Waals surface area contributed by atoms with E-state index in [2.05, 4.69) is 30.9 Å². The Morgan fingerprint density at radius 2 is 2.41 bits per heavy atom. The third-order valence-electron chi connectivity index (χ3n) is 2.79. The van der Waals surface area contributed by atoms with Crippen molar-refractivity contribution >= 4 is 37.9 Å². The molecule has 0 saturated carbocycles. The Morgan fingerprint density at radius 3 is 3.09 bits per heavy atom. The van der Waals surface area contributed by atoms with Gasteiger partial charge in [-0.2, -0.15) is 10.5 Å². The Labute approximate surface area is 128 Å². The topological polar surface area (TPSA) is 138 Å². The first-order chi connectivity index (χ1) is 10.7. The van der Waals surface area contributed by atoms with Gasteiger partial charge in [0, 0.05) is 18.0 Å². The van der Waals surface area contributed by atoms with Crippen LogP contribution in [0.2, 0.25) is 0 Å². The number of thiazole rings is 1. The van der Waals surface area contributed by atoms with Crippen molar-refractivity contribution in [3.05, 3.63) is 24.2 Å². The first-order valence-electron chi connectivity index (χ1n) is 6.06. The molecule has 1 aromatic carbocycles. The highest BCUT2D eigenvalue weighted by molar-refractivity contribution is 7.22. The minimum Gasteiger partial charge on any atom is -0.494 e. The molecule has 2 heterocycles. The number of nitrogens with two attached hydrogens (primary N) is 1. The number of H-pyrrole nitrogens is 1. The van der Waals surface area contributed by atoms with Gasteiger partial charge in [0.2, 0.25) is 5.82 Å². The van der Waals surface area contributed by atoms with Crippen LogP contribution in [0.5, 0.6) is 5.75 Å². The number of nitrogens with zero attached hydrogens (tertiary/aromatic N) is 5. The van der Waals surface area contributed by atoms with E-state index in [1.54, 1.807) is 13.2 Å². The molecule has 0 radical (unpaired) electrons. The number of hydrogen-bond acceptors (Lipinski definition) is 9. The van der Waals surface area contributed by atoms with Gasteiger partial charge in [0.1, 0.15) is 22.9 Å². The van der Waals surface area contributed by atoms with Crippen LogP contribution in [-0.4, -0.2) is 32.7 Å². The second-order valence-electron chi connectivity index (χ2n) is 4.13. The summed E-state index contributed by atoms with van der Waals surface area (Å²) in [6, 6.07) is 5.63. The molecule has 10 heteroatoms. The van der Waals surface area contributed by atoms with E-state index in [-0.39, 0.29) is 11.4 Å². The van der Waals surface area contributed by atoms with Crippen molar-refractivity contribution in [3.8, 4) is 11.8 Å². The molecule has 0 aliphatic rings. The molecule has 4 N–H and O–H groups in total. The molecule has 9 nitrogen and oxygen atoms in total. The highest BCUT2D eigenvalue weighted by Crippen LogP contribution is 2.34. The van der Waals surface area contributed by atoms with Crippen LogP contribution >= 0.6 is 11.3 Å². The zero-order valence-corrected chi connectivity index (χ0v) is 12.2. The van der Waals surface area contributed by atoms with Gasteiger partial charge in [-0.05, 0) is 11.3 Å². The van der Waals surface area contributed by atoms with Crippen molar-refractivity contribution in [1.82, 2.24) is 25.6 Å². The van der Waals surface area contributed by atoms with Crippen molar-refractivity contribution in [2.75, 3.05) is 18.2 Å². The number of tetrazole rings is 1. The molecule has 0 atom stereocenters. The van der Waals surface area contributed by atoms with E-state index in [1.807, 2.05) is 12.1 Å². The number of rotatable bonds is 4. The maximum atomic E-state index is 9.12. The summed E-state index contributed by atoms with van der Waals surface area (Å²) in [5.41, 5.74) is 7.40. The molecule has 0 spiro atoms. The van der Waals surface area contributed by atoms with Crippen LogP contribution in [0.15, 0.2) is 18.3 Å². The average Bonchev–Trinajstić information content (AvgIpc) is 3.15. The van der Waals surface area contributed by atoms with Crippen molar-refractivity contribution in [2.45, 2.75) is 0 Å². The van der Waals surface area contributed by atoms with Crippen molar-refractivity contribution < 1.29 is 4.74 Å². The molecular formula is C12H10N8OS. The second kappa shape index (κ2) is 5.66. The van der Waals surface area contributed by atoms with E-state index in [4.69, 9.17) is 15.7 Å². The molecule has 3 rings (SSSR count). The molecular weight excluding hydrogens is 304 g/mol. The van der Waals surface area contributed by atoms with Gasteiger partial charge in [-0.15, -0.1) is 10.2 Å². The molecule has 2 aromatic heterocycles. The summed E-state index contributed by atoms with van der Waals surface area (Å²) in [5.74, 6) is 0.810. The van der Waals surface area contributed by atoms with Crippen molar-refractivity contribution in [2.24, 2.45) is 0 Å². The van der Waals surface area contributed by atoms with Gasteiger partial charge in [0.05, 0.1) is 11.8 Å². The number of anilines is 2. The van der Waals surface area contributed by atoms with E-state index in [9.17, 15) is 0 Å². The van der Waals surface area contributed by atoms with Crippen molar-refractivity contribution in [1.29, 1.82) is 5.26 Å². The monoisotopic (exact) mass is 314 g/mol. The molecule has 0 unspecified atom stereocenters. The van der Waals surface area contributed by atoms with Crippen LogP contribution in [0.4, 0.5) is 10.8 Å². The molecule has 0 aliphatic heterocycles. The number of methoxy groups -OCH3 is 1. The number of allylic oxidation sites excluding steroid dienone is 1. The highest BCUT2D eigenvalue weighted by Gasteiger charge is 2.10. The highest BCUT2D eigenvalue weighted by atomic mass is 32.1. The summed E-state index contributed by atoms with van der Waals surface area (Å²) >= 11 is 1.35. The summed E-state index contributed by atoms with van der Waals surface area (Å²) in [6.07, 6.45) is 1.50. The summed E-state index contributed by atoms with van der Waals surface area (Å²) in [4.78, 5) is 4.22. The molecule has 0 saturated heterocycles. The molecule has 0 amide bonds. The lowest BCUT2D eigenvalue weighted by Crippen LogP contribution is -1.94. The van der Waals surface area contributed by atoms with Gasteiger partial charge in [-0.25, -0.2) is 4.98 Å². The fourth-order valence-corrected chi connectivity index (χ4v) is 2.62. The SMILES string of the molecule is COc1cc(NC=C(C#N)c2nn[nH]n2)cc2sc(N)nc12. The number of nitriles is 1. The molecule has 22 heavy (non-hydrogen) atoms. The number of hydrogen-bond donors (Lipinski definition) is 3. The van der Waals surface area contributed by atoms with Crippen molar-refractivity contribution in [3.63, 3.8) is 0 Å². The predicted octanol–water partition coefficient (Wildman–Crippen LogP) is 1.38. The molecule has 0 fully saturated rings. The zero-order valence-electron chi connectivity index (χ0n) is 11.4. The minimum absolute atomic E-state index is 0.213. The van der Waals surface area contributed by atoms with Crippen LogP contribution in [0, 0.1) is 11.3 Å². The van der Waals surface area contributed by atoms with Gasteiger partial charge in [0.25, 0.3) is 0 Å². The standard InChI is InChI=1S/C12H10N8OS/c1-21-8-2-7(3-9-10(8)16-12(14)22-9)15-5-6(4-13)11-17-19-20-18-11/h2-3,5,15H,1H3,(H2,14,16)(H,17,18,19,20). The summed E-state index contributed by atoms with van der Waals surface area (Å²) in [5, 5.41) is 25.8. The minimum atomic E-state index is 0.213. The van der Waals surface area contributed by atoms with Gasteiger partial charge in [0.15, 0.2) is 5.13 Å². The summed E-state index contributed by atoms with van der Waals surface area (Å²) in [7, 11) is 1.56. The Morgan fingerprint density at radius 1 is 1.55 bits per heavy atom. The van der Waals surface area contributed by atoms with Crippen LogP contribution in [0.3, 0.4) is 0 Å². The first-order valence-corrected chi connectivity index (χ1v) is 6.87. The third-order valence-corrected chi connectivity index (χ3v) is 3.62. The fourth-order valence-electron chi connectivity index (χ4n) is 1.83. The van der Waals surface area contributed by atoms with Gasteiger partial charge >= 0.3 is 0 Å². The Kier molecular flexibility index (Phi) is 3.55. The summed E-state index contributed by atoms with van der Waals surface area (Å²) in [6.45, 7) is 0. The first kappa shape index (κ1) is 13.8. The number of fused-ring (bicyclic) bond motifs is 1. The Bertz CT molecular complexity index is 877. The zero-order chi connectivity index (χ0) is 15.5. The number of nitrogens with one attached hydrogen (secondary N) is 2. The average molecular weight is 314 g/mol. The maximum Gasteiger partial charge on any atom is 0.216 e. The van der Waals surface area contributed by atoms with E-state index in [1.165, 1.54) is 17.5 Å².